The second kappa shape index (κ2) is 5.79. The molecule has 0 aliphatic heterocycles. The van der Waals surface area contributed by atoms with Gasteiger partial charge in [0.25, 0.3) is 0 Å². The maximum Gasteiger partial charge on any atom is 0.160 e. The van der Waals surface area contributed by atoms with Gasteiger partial charge in [-0.05, 0) is 24.3 Å². The molecule has 6 heteroatoms. The van der Waals surface area contributed by atoms with E-state index < -0.39 is 0 Å². The third kappa shape index (κ3) is 2.63. The fraction of sp³-hybridized carbons (Fsp3) is 0.143. The summed E-state index contributed by atoms with van der Waals surface area (Å²) in [6, 6.07) is 11.3. The summed E-state index contributed by atoms with van der Waals surface area (Å²) in [4.78, 5) is 0. The standard InChI is InChI=1S/C14H12Cl2N4/c15-11-4-3-5-12(16)10(11)8-17-9-14-19-18-13-6-1-2-7-20(13)14/h1-7,17H,8-9H2. The molecule has 0 saturated heterocycles. The number of nitrogens with zero attached hydrogens (tertiary/aromatic N) is 3. The largest absolute Gasteiger partial charge is 0.306 e. The number of hydrogen-bond donors (Lipinski definition) is 1. The van der Waals surface area contributed by atoms with Crippen LogP contribution >= 0.6 is 23.2 Å². The summed E-state index contributed by atoms with van der Waals surface area (Å²) < 4.78 is 1.95. The van der Waals surface area contributed by atoms with Crippen molar-refractivity contribution in [3.05, 3.63) is 64.0 Å². The van der Waals surface area contributed by atoms with Gasteiger partial charge in [-0.3, -0.25) is 4.40 Å². The first-order valence-corrected chi connectivity index (χ1v) is 6.93. The van der Waals surface area contributed by atoms with Gasteiger partial charge in [0.15, 0.2) is 11.5 Å². The van der Waals surface area contributed by atoms with E-state index in [-0.39, 0.29) is 0 Å². The maximum absolute atomic E-state index is 6.13. The lowest BCUT2D eigenvalue weighted by atomic mass is 10.2. The number of aromatic nitrogens is 3. The van der Waals surface area contributed by atoms with Gasteiger partial charge >= 0.3 is 0 Å². The van der Waals surface area contributed by atoms with Crippen molar-refractivity contribution in [2.75, 3.05) is 0 Å². The van der Waals surface area contributed by atoms with Gasteiger partial charge in [-0.1, -0.05) is 35.3 Å². The Hall–Kier alpha value is -1.62. The molecule has 3 rings (SSSR count). The predicted octanol–water partition coefficient (Wildman–Crippen LogP) is 3.33. The SMILES string of the molecule is Clc1cccc(Cl)c1CNCc1nnc2ccccn12. The van der Waals surface area contributed by atoms with E-state index in [0.29, 0.717) is 23.1 Å². The lowest BCUT2D eigenvalue weighted by molar-refractivity contribution is 0.657. The fourth-order valence-corrected chi connectivity index (χ4v) is 2.54. The number of halogens is 2. The van der Waals surface area contributed by atoms with Gasteiger partial charge < -0.3 is 5.32 Å². The molecule has 20 heavy (non-hydrogen) atoms. The number of nitrogens with one attached hydrogen (secondary N) is 1. The Morgan fingerprint density at radius 3 is 2.55 bits per heavy atom. The zero-order valence-electron chi connectivity index (χ0n) is 10.6. The van der Waals surface area contributed by atoms with Crippen LogP contribution < -0.4 is 5.32 Å². The van der Waals surface area contributed by atoms with Crippen molar-refractivity contribution in [3.63, 3.8) is 0 Å². The Morgan fingerprint density at radius 2 is 1.75 bits per heavy atom. The quantitative estimate of drug-likeness (QED) is 0.804. The molecule has 0 fully saturated rings. The van der Waals surface area contributed by atoms with E-state index in [2.05, 4.69) is 15.5 Å². The van der Waals surface area contributed by atoms with Gasteiger partial charge in [-0.25, -0.2) is 0 Å². The molecule has 3 aromatic rings. The first kappa shape index (κ1) is 13.4. The zero-order chi connectivity index (χ0) is 13.9. The number of benzene rings is 1. The fourth-order valence-electron chi connectivity index (χ4n) is 2.01. The van der Waals surface area contributed by atoms with Crippen LogP contribution in [0.25, 0.3) is 5.65 Å². The van der Waals surface area contributed by atoms with Crippen molar-refractivity contribution >= 4 is 28.8 Å². The smallest absolute Gasteiger partial charge is 0.160 e. The maximum atomic E-state index is 6.13. The molecule has 2 aromatic heterocycles. The van der Waals surface area contributed by atoms with Crippen LogP contribution in [0.1, 0.15) is 11.4 Å². The summed E-state index contributed by atoms with van der Waals surface area (Å²) in [7, 11) is 0. The summed E-state index contributed by atoms with van der Waals surface area (Å²) in [6.45, 7) is 1.17. The van der Waals surface area contributed by atoms with E-state index in [4.69, 9.17) is 23.2 Å². The summed E-state index contributed by atoms with van der Waals surface area (Å²) >= 11 is 12.3. The molecule has 0 spiro atoms. The Kier molecular flexibility index (Phi) is 3.87. The van der Waals surface area contributed by atoms with E-state index in [1.807, 2.05) is 47.0 Å². The molecule has 0 saturated carbocycles. The number of rotatable bonds is 4. The average Bonchev–Trinajstić information content (AvgIpc) is 2.86. The minimum atomic E-state index is 0.584. The molecular formula is C14H12Cl2N4. The molecule has 0 bridgehead atoms. The first-order valence-electron chi connectivity index (χ1n) is 6.18. The molecule has 1 N–H and O–H groups in total. The van der Waals surface area contributed by atoms with Crippen LogP contribution in [0.3, 0.4) is 0 Å². The molecular weight excluding hydrogens is 295 g/mol. The molecule has 102 valence electrons. The van der Waals surface area contributed by atoms with Crippen molar-refractivity contribution in [1.82, 2.24) is 19.9 Å². The summed E-state index contributed by atoms with van der Waals surface area (Å²) in [5.41, 5.74) is 1.73. The Balaban J connectivity index is 1.71. The van der Waals surface area contributed by atoms with Crippen LogP contribution in [0.15, 0.2) is 42.6 Å². The second-order valence-corrected chi connectivity index (χ2v) is 5.16. The summed E-state index contributed by atoms with van der Waals surface area (Å²) in [6.07, 6.45) is 1.94. The summed E-state index contributed by atoms with van der Waals surface area (Å²) in [5, 5.41) is 12.9. The first-order chi connectivity index (χ1) is 9.75. The zero-order valence-corrected chi connectivity index (χ0v) is 12.1. The van der Waals surface area contributed by atoms with E-state index >= 15 is 0 Å². The van der Waals surface area contributed by atoms with Gasteiger partial charge in [0.05, 0.1) is 6.54 Å². The van der Waals surface area contributed by atoms with Crippen molar-refractivity contribution in [1.29, 1.82) is 0 Å². The highest BCUT2D eigenvalue weighted by atomic mass is 35.5. The van der Waals surface area contributed by atoms with Gasteiger partial charge in [0, 0.05) is 28.4 Å². The van der Waals surface area contributed by atoms with E-state index in [9.17, 15) is 0 Å². The molecule has 0 aliphatic rings. The lowest BCUT2D eigenvalue weighted by Crippen LogP contribution is -2.15. The van der Waals surface area contributed by atoms with E-state index in [1.54, 1.807) is 0 Å². The van der Waals surface area contributed by atoms with Gasteiger partial charge in [-0.15, -0.1) is 10.2 Å². The molecule has 0 radical (unpaired) electrons. The average molecular weight is 307 g/mol. The van der Waals surface area contributed by atoms with E-state index in [1.165, 1.54) is 0 Å². The molecule has 4 nitrogen and oxygen atoms in total. The normalized spacial score (nSPS) is 11.1. The number of fused-ring (bicyclic) bond motifs is 1. The highest BCUT2D eigenvalue weighted by Crippen LogP contribution is 2.23. The Labute approximate surface area is 126 Å². The predicted molar refractivity (Wildman–Crippen MR) is 80.0 cm³/mol. The van der Waals surface area contributed by atoms with Crippen LogP contribution in [0.5, 0.6) is 0 Å². The molecule has 0 amide bonds. The van der Waals surface area contributed by atoms with Crippen molar-refractivity contribution < 1.29 is 0 Å². The summed E-state index contributed by atoms with van der Waals surface area (Å²) in [5.74, 6) is 0.851. The van der Waals surface area contributed by atoms with Crippen LogP contribution in [-0.4, -0.2) is 14.6 Å². The van der Waals surface area contributed by atoms with Crippen LogP contribution in [-0.2, 0) is 13.1 Å². The third-order valence-corrected chi connectivity index (χ3v) is 3.74. The van der Waals surface area contributed by atoms with Crippen molar-refractivity contribution in [2.45, 2.75) is 13.1 Å². The minimum Gasteiger partial charge on any atom is -0.306 e. The van der Waals surface area contributed by atoms with Gasteiger partial charge in [0.1, 0.15) is 0 Å². The highest BCUT2D eigenvalue weighted by molar-refractivity contribution is 6.35. The molecule has 1 aromatic carbocycles. The van der Waals surface area contributed by atoms with Gasteiger partial charge in [-0.2, -0.15) is 0 Å². The van der Waals surface area contributed by atoms with Crippen molar-refractivity contribution in [3.8, 4) is 0 Å². The van der Waals surface area contributed by atoms with Crippen molar-refractivity contribution in [2.24, 2.45) is 0 Å². The Bertz CT molecular complexity index is 719. The third-order valence-electron chi connectivity index (χ3n) is 3.03. The molecule has 2 heterocycles. The molecule has 0 aliphatic carbocycles. The van der Waals surface area contributed by atoms with Crippen LogP contribution in [0.2, 0.25) is 10.0 Å². The second-order valence-electron chi connectivity index (χ2n) is 4.35. The molecule has 0 unspecified atom stereocenters. The minimum absolute atomic E-state index is 0.584. The van der Waals surface area contributed by atoms with E-state index in [0.717, 1.165) is 17.0 Å². The lowest BCUT2D eigenvalue weighted by Gasteiger charge is -2.07. The van der Waals surface area contributed by atoms with Crippen LogP contribution in [0.4, 0.5) is 0 Å². The number of hydrogen-bond acceptors (Lipinski definition) is 3. The topological polar surface area (TPSA) is 42.2 Å². The van der Waals surface area contributed by atoms with Gasteiger partial charge in [0.2, 0.25) is 0 Å². The molecule has 0 atom stereocenters. The highest BCUT2D eigenvalue weighted by Gasteiger charge is 2.07. The Morgan fingerprint density at radius 1 is 0.950 bits per heavy atom. The number of pyridine rings is 1. The monoisotopic (exact) mass is 306 g/mol. The van der Waals surface area contributed by atoms with Crippen LogP contribution in [0, 0.1) is 0 Å².